The molecule has 1 saturated heterocycles. The molecule has 0 spiro atoms. The summed E-state index contributed by atoms with van der Waals surface area (Å²) in [7, 11) is 0. The topological polar surface area (TPSA) is 9.23 Å². The van der Waals surface area contributed by atoms with Gasteiger partial charge in [-0.15, -0.1) is 11.6 Å². The molecule has 3 heteroatoms. The van der Waals surface area contributed by atoms with Crippen LogP contribution in [0.2, 0.25) is 0 Å². The Bertz CT molecular complexity index is 88.9. The van der Waals surface area contributed by atoms with Gasteiger partial charge in [-0.2, -0.15) is 0 Å². The zero-order valence-electron chi connectivity index (χ0n) is 8.40. The summed E-state index contributed by atoms with van der Waals surface area (Å²) >= 11 is 11.0. The highest BCUT2D eigenvalue weighted by molar-refractivity contribution is 6.19. The molecule has 0 N–H and O–H groups in total. The van der Waals surface area contributed by atoms with Crippen molar-refractivity contribution >= 4 is 23.2 Å². The van der Waals surface area contributed by atoms with Crippen LogP contribution in [-0.2, 0) is 4.74 Å². The summed E-state index contributed by atoms with van der Waals surface area (Å²) in [5.74, 6) is 0.827. The number of rotatable bonds is 3. The number of hydrogen-bond acceptors (Lipinski definition) is 1. The van der Waals surface area contributed by atoms with Gasteiger partial charge in [0.25, 0.3) is 0 Å². The maximum atomic E-state index is 5.59. The first-order chi connectivity index (χ1) is 6.31. The minimum absolute atomic E-state index is 0.00810. The Morgan fingerprint density at radius 2 is 2.08 bits per heavy atom. The number of alkyl halides is 2. The van der Waals surface area contributed by atoms with Crippen molar-refractivity contribution in [2.45, 2.75) is 51.0 Å². The van der Waals surface area contributed by atoms with Crippen LogP contribution in [0.3, 0.4) is 0 Å². The van der Waals surface area contributed by atoms with E-state index in [1.165, 1.54) is 32.1 Å². The van der Waals surface area contributed by atoms with Gasteiger partial charge in [-0.3, -0.25) is 0 Å². The van der Waals surface area contributed by atoms with Crippen LogP contribution in [0.1, 0.15) is 45.4 Å². The smallest absolute Gasteiger partial charge is 0.131 e. The molecule has 0 radical (unpaired) electrons. The van der Waals surface area contributed by atoms with Crippen molar-refractivity contribution in [2.75, 3.05) is 12.5 Å². The van der Waals surface area contributed by atoms with Crippen LogP contribution >= 0.6 is 23.2 Å². The van der Waals surface area contributed by atoms with Crippen molar-refractivity contribution in [2.24, 2.45) is 0 Å². The highest BCUT2D eigenvalue weighted by Gasteiger charge is 2.08. The zero-order chi connectivity index (χ0) is 9.94. The van der Waals surface area contributed by atoms with Gasteiger partial charge in [-0.05, 0) is 25.7 Å². The molecule has 0 aromatic carbocycles. The Labute approximate surface area is 91.7 Å². The molecule has 1 rings (SSSR count). The van der Waals surface area contributed by atoms with E-state index in [1.54, 1.807) is 0 Å². The Hall–Kier alpha value is 0.540. The van der Waals surface area contributed by atoms with E-state index in [0.29, 0.717) is 0 Å². The summed E-state index contributed by atoms with van der Waals surface area (Å²) < 4.78 is 5.04. The van der Waals surface area contributed by atoms with Crippen molar-refractivity contribution in [3.8, 4) is 0 Å². The van der Waals surface area contributed by atoms with Gasteiger partial charge < -0.3 is 4.74 Å². The van der Waals surface area contributed by atoms with E-state index in [4.69, 9.17) is 27.9 Å². The summed E-state index contributed by atoms with van der Waals surface area (Å²) in [6, 6.07) is 0. The van der Waals surface area contributed by atoms with E-state index in [0.717, 1.165) is 18.9 Å². The van der Waals surface area contributed by atoms with Crippen LogP contribution in [0, 0.1) is 0 Å². The first-order valence-electron chi connectivity index (χ1n) is 5.13. The second-order valence-corrected chi connectivity index (χ2v) is 4.04. The molecule has 1 atom stereocenters. The van der Waals surface area contributed by atoms with Crippen LogP contribution in [0.25, 0.3) is 0 Å². The fourth-order valence-electron chi connectivity index (χ4n) is 1.05. The molecular formula is C10H20Cl2O. The third-order valence-corrected chi connectivity index (χ3v) is 2.47. The first kappa shape index (κ1) is 13.5. The lowest BCUT2D eigenvalue weighted by Gasteiger charge is -2.15. The van der Waals surface area contributed by atoms with Gasteiger partial charge in [0.15, 0.2) is 0 Å². The second-order valence-electron chi connectivity index (χ2n) is 3.17. The van der Waals surface area contributed by atoms with E-state index in [1.807, 2.05) is 0 Å². The van der Waals surface area contributed by atoms with Crippen molar-refractivity contribution in [1.82, 2.24) is 0 Å². The van der Waals surface area contributed by atoms with Gasteiger partial charge in [0.2, 0.25) is 0 Å². The molecule has 0 aliphatic carbocycles. The standard InChI is InChI=1S/C5H9ClO.C5H11Cl/c6-5-3-1-2-4-7-5;1-2-3-4-5-6/h5H,1-4H2;2-5H2,1H3. The minimum atomic E-state index is 0.00810. The maximum Gasteiger partial charge on any atom is 0.131 e. The summed E-state index contributed by atoms with van der Waals surface area (Å²) in [5, 5.41) is 0. The number of halogens is 2. The molecule has 1 heterocycles. The fraction of sp³-hybridized carbons (Fsp3) is 1.00. The highest BCUT2D eigenvalue weighted by Crippen LogP contribution is 2.14. The van der Waals surface area contributed by atoms with Crippen LogP contribution in [0.4, 0.5) is 0 Å². The third-order valence-electron chi connectivity index (χ3n) is 1.86. The van der Waals surface area contributed by atoms with Gasteiger partial charge in [0, 0.05) is 12.5 Å². The molecule has 0 aromatic heterocycles. The van der Waals surface area contributed by atoms with Crippen molar-refractivity contribution in [1.29, 1.82) is 0 Å². The van der Waals surface area contributed by atoms with Crippen molar-refractivity contribution < 1.29 is 4.74 Å². The largest absolute Gasteiger partial charge is 0.362 e. The predicted octanol–water partition coefficient (Wildman–Crippen LogP) is 4.17. The SMILES string of the molecule is CCCCCCl.ClC1CCCCO1. The molecule has 0 saturated carbocycles. The average Bonchev–Trinajstić information content (AvgIpc) is 2.17. The monoisotopic (exact) mass is 226 g/mol. The van der Waals surface area contributed by atoms with Gasteiger partial charge in [0.05, 0.1) is 0 Å². The molecule has 0 amide bonds. The van der Waals surface area contributed by atoms with Crippen molar-refractivity contribution in [3.63, 3.8) is 0 Å². The van der Waals surface area contributed by atoms with Crippen LogP contribution in [-0.4, -0.2) is 18.1 Å². The summed E-state index contributed by atoms with van der Waals surface area (Å²) in [6.45, 7) is 3.03. The Kier molecular flexibility index (Phi) is 11.1. The molecule has 80 valence electrons. The van der Waals surface area contributed by atoms with Crippen molar-refractivity contribution in [3.05, 3.63) is 0 Å². The summed E-state index contributed by atoms with van der Waals surface area (Å²) in [5.41, 5.74) is 0.00810. The van der Waals surface area contributed by atoms with Crippen LogP contribution in [0.15, 0.2) is 0 Å². The van der Waals surface area contributed by atoms with E-state index < -0.39 is 0 Å². The minimum Gasteiger partial charge on any atom is -0.362 e. The van der Waals surface area contributed by atoms with E-state index in [9.17, 15) is 0 Å². The van der Waals surface area contributed by atoms with E-state index in [-0.39, 0.29) is 5.56 Å². The fourth-order valence-corrected chi connectivity index (χ4v) is 1.48. The van der Waals surface area contributed by atoms with E-state index in [2.05, 4.69) is 6.92 Å². The summed E-state index contributed by atoms with van der Waals surface area (Å²) in [4.78, 5) is 0. The Balaban J connectivity index is 0.000000226. The molecule has 13 heavy (non-hydrogen) atoms. The Morgan fingerprint density at radius 1 is 1.31 bits per heavy atom. The van der Waals surface area contributed by atoms with Gasteiger partial charge in [-0.1, -0.05) is 31.4 Å². The normalized spacial score (nSPS) is 21.9. The molecule has 1 fully saturated rings. The third kappa shape index (κ3) is 10.5. The van der Waals surface area contributed by atoms with E-state index >= 15 is 0 Å². The lowest BCUT2D eigenvalue weighted by atomic mass is 10.2. The summed E-state index contributed by atoms with van der Waals surface area (Å²) in [6.07, 6.45) is 7.17. The number of unbranched alkanes of at least 4 members (excludes halogenated alkanes) is 2. The highest BCUT2D eigenvalue weighted by atomic mass is 35.5. The molecule has 1 nitrogen and oxygen atoms in total. The van der Waals surface area contributed by atoms with Gasteiger partial charge >= 0.3 is 0 Å². The lowest BCUT2D eigenvalue weighted by molar-refractivity contribution is 0.0680. The molecule has 1 unspecified atom stereocenters. The first-order valence-corrected chi connectivity index (χ1v) is 6.10. The molecule has 1 aliphatic heterocycles. The molecule has 0 bridgehead atoms. The number of hydrogen-bond donors (Lipinski definition) is 0. The van der Waals surface area contributed by atoms with Gasteiger partial charge in [0.1, 0.15) is 5.56 Å². The van der Waals surface area contributed by atoms with Crippen LogP contribution < -0.4 is 0 Å². The second kappa shape index (κ2) is 10.6. The maximum absolute atomic E-state index is 5.59. The molecule has 0 aromatic rings. The molecular weight excluding hydrogens is 207 g/mol. The van der Waals surface area contributed by atoms with Gasteiger partial charge in [-0.25, -0.2) is 0 Å². The predicted molar refractivity (Wildman–Crippen MR) is 59.7 cm³/mol. The Morgan fingerprint density at radius 3 is 2.31 bits per heavy atom. The average molecular weight is 227 g/mol. The zero-order valence-corrected chi connectivity index (χ0v) is 9.91. The lowest BCUT2D eigenvalue weighted by Crippen LogP contribution is -2.11. The quantitative estimate of drug-likeness (QED) is 0.519. The van der Waals surface area contributed by atoms with Crippen LogP contribution in [0.5, 0.6) is 0 Å². The number of ether oxygens (including phenoxy) is 1. The molecule has 1 aliphatic rings.